The van der Waals surface area contributed by atoms with Gasteiger partial charge < -0.3 is 20.1 Å². The van der Waals surface area contributed by atoms with Gasteiger partial charge in [0, 0.05) is 11.4 Å². The minimum Gasteiger partial charge on any atom is -0.490 e. The Morgan fingerprint density at radius 3 is 2.36 bits per heavy atom. The van der Waals surface area contributed by atoms with E-state index in [0.29, 0.717) is 41.1 Å². The summed E-state index contributed by atoms with van der Waals surface area (Å²) in [5.74, 6) is -1.60. The summed E-state index contributed by atoms with van der Waals surface area (Å²) in [5, 5.41) is 4.49. The van der Waals surface area contributed by atoms with E-state index in [4.69, 9.17) is 21.1 Å². The van der Waals surface area contributed by atoms with E-state index in [2.05, 4.69) is 10.6 Å². The van der Waals surface area contributed by atoms with Gasteiger partial charge in [0.2, 0.25) is 5.91 Å². The van der Waals surface area contributed by atoms with Gasteiger partial charge in [-0.15, -0.1) is 0 Å². The number of aryl methyl sites for hydroxylation is 2. The molecule has 4 amide bonds. The molecule has 0 spiro atoms. The maximum absolute atomic E-state index is 13.4. The van der Waals surface area contributed by atoms with Gasteiger partial charge in [-0.05, 0) is 97.8 Å². The monoisotopic (exact) mass is 611 g/mol. The molecule has 0 aliphatic carbocycles. The molecule has 1 fully saturated rings. The lowest BCUT2D eigenvalue weighted by molar-refractivity contribution is -0.127. The largest absolute Gasteiger partial charge is 0.490 e. The molecule has 0 saturated carbocycles. The number of amides is 4. The number of halogens is 2. The summed E-state index contributed by atoms with van der Waals surface area (Å²) < 4.78 is 24.7. The highest BCUT2D eigenvalue weighted by Gasteiger charge is 2.36. The number of thioether (sulfide) groups is 1. The Morgan fingerprint density at radius 1 is 0.929 bits per heavy atom. The first-order valence-electron chi connectivity index (χ1n) is 12.8. The van der Waals surface area contributed by atoms with Crippen LogP contribution in [0.15, 0.2) is 59.5 Å². The van der Waals surface area contributed by atoms with Crippen LogP contribution in [0.2, 0.25) is 5.02 Å². The highest BCUT2D eigenvalue weighted by molar-refractivity contribution is 8.18. The van der Waals surface area contributed by atoms with Gasteiger partial charge in [0.05, 0.1) is 16.5 Å². The normalized spacial score (nSPS) is 13.8. The predicted molar refractivity (Wildman–Crippen MR) is 160 cm³/mol. The number of hydrogen-bond acceptors (Lipinski definition) is 7. The van der Waals surface area contributed by atoms with E-state index >= 15 is 0 Å². The van der Waals surface area contributed by atoms with Crippen molar-refractivity contribution in [2.24, 2.45) is 0 Å². The molecule has 0 atom stereocenters. The third-order valence-electron chi connectivity index (χ3n) is 6.09. The lowest BCUT2D eigenvalue weighted by Gasteiger charge is -2.13. The molecule has 1 heterocycles. The number of benzene rings is 3. The average Bonchev–Trinajstić information content (AvgIpc) is 3.19. The first-order chi connectivity index (χ1) is 20.0. The van der Waals surface area contributed by atoms with E-state index < -0.39 is 29.4 Å². The number of ether oxygens (including phenoxy) is 2. The van der Waals surface area contributed by atoms with Crippen molar-refractivity contribution < 1.29 is 33.0 Å². The van der Waals surface area contributed by atoms with Crippen molar-refractivity contribution in [1.29, 1.82) is 0 Å². The number of anilines is 2. The fourth-order valence-electron chi connectivity index (χ4n) is 3.87. The molecular formula is C30H27ClFN3O6S. The van der Waals surface area contributed by atoms with Crippen molar-refractivity contribution in [3.8, 4) is 11.5 Å². The van der Waals surface area contributed by atoms with E-state index in [1.54, 1.807) is 25.1 Å². The fraction of sp³-hybridized carbons (Fsp3) is 0.200. The average molecular weight is 612 g/mol. The Hall–Kier alpha value is -4.35. The zero-order valence-corrected chi connectivity index (χ0v) is 24.5. The maximum Gasteiger partial charge on any atom is 0.294 e. The van der Waals surface area contributed by atoms with Crippen LogP contribution in [0, 0.1) is 19.7 Å². The second-order valence-corrected chi connectivity index (χ2v) is 10.6. The minimum atomic E-state index is -0.650. The first-order valence-corrected chi connectivity index (χ1v) is 14.0. The molecule has 1 aliphatic heterocycles. The molecule has 9 nitrogen and oxygen atoms in total. The van der Waals surface area contributed by atoms with Gasteiger partial charge in [0.15, 0.2) is 18.1 Å². The molecule has 2 N–H and O–H groups in total. The van der Waals surface area contributed by atoms with Gasteiger partial charge >= 0.3 is 0 Å². The number of nitrogens with one attached hydrogen (secondary N) is 2. The van der Waals surface area contributed by atoms with E-state index in [1.807, 2.05) is 32.0 Å². The Kier molecular flexibility index (Phi) is 9.87. The second kappa shape index (κ2) is 13.5. The SMILES string of the molecule is CCOc1cc(/C=C2/SC(=O)N(CC(=O)Nc3ccc(F)c(Cl)c3)C2=O)ccc1OCC(=O)Nc1ccc(C)c(C)c1. The number of carbonyl (C=O) groups excluding carboxylic acids is 4. The molecule has 12 heteroatoms. The second-order valence-electron chi connectivity index (χ2n) is 9.22. The van der Waals surface area contributed by atoms with Crippen LogP contribution in [-0.4, -0.2) is 47.6 Å². The lowest BCUT2D eigenvalue weighted by Crippen LogP contribution is -2.36. The predicted octanol–water partition coefficient (Wildman–Crippen LogP) is 6.19. The van der Waals surface area contributed by atoms with E-state index in [1.165, 1.54) is 18.2 Å². The summed E-state index contributed by atoms with van der Waals surface area (Å²) in [7, 11) is 0. The Morgan fingerprint density at radius 2 is 1.64 bits per heavy atom. The van der Waals surface area contributed by atoms with Gasteiger partial charge in [0.25, 0.3) is 17.1 Å². The number of rotatable bonds is 10. The van der Waals surface area contributed by atoms with E-state index in [9.17, 15) is 23.6 Å². The zero-order valence-electron chi connectivity index (χ0n) is 23.0. The van der Waals surface area contributed by atoms with Crippen LogP contribution in [0.25, 0.3) is 6.08 Å². The molecule has 1 saturated heterocycles. The van der Waals surface area contributed by atoms with Crippen LogP contribution in [0.4, 0.5) is 20.6 Å². The van der Waals surface area contributed by atoms with E-state index in [0.717, 1.165) is 22.1 Å². The molecule has 1 aliphatic rings. The van der Waals surface area contributed by atoms with Crippen LogP contribution < -0.4 is 20.1 Å². The molecule has 0 aromatic heterocycles. The van der Waals surface area contributed by atoms with Crippen molar-refractivity contribution in [2.75, 3.05) is 30.4 Å². The summed E-state index contributed by atoms with van der Waals surface area (Å²) in [6.45, 7) is 5.28. The molecule has 0 bridgehead atoms. The summed E-state index contributed by atoms with van der Waals surface area (Å²) in [4.78, 5) is 51.2. The van der Waals surface area contributed by atoms with Gasteiger partial charge in [-0.25, -0.2) is 4.39 Å². The summed E-state index contributed by atoms with van der Waals surface area (Å²) in [5.41, 5.74) is 3.61. The van der Waals surface area contributed by atoms with Crippen molar-refractivity contribution in [1.82, 2.24) is 4.90 Å². The van der Waals surface area contributed by atoms with Gasteiger partial charge in [0.1, 0.15) is 12.4 Å². The van der Waals surface area contributed by atoms with Crippen LogP contribution >= 0.6 is 23.4 Å². The fourth-order valence-corrected chi connectivity index (χ4v) is 4.89. The van der Waals surface area contributed by atoms with Gasteiger partial charge in [-0.2, -0.15) is 0 Å². The maximum atomic E-state index is 13.4. The molecule has 0 unspecified atom stereocenters. The van der Waals surface area contributed by atoms with Crippen molar-refractivity contribution in [3.63, 3.8) is 0 Å². The molecular weight excluding hydrogens is 585 g/mol. The Balaban J connectivity index is 1.40. The molecule has 0 radical (unpaired) electrons. The third kappa shape index (κ3) is 7.68. The molecule has 3 aromatic rings. The van der Waals surface area contributed by atoms with Crippen molar-refractivity contribution >= 4 is 63.8 Å². The van der Waals surface area contributed by atoms with Crippen LogP contribution in [0.1, 0.15) is 23.6 Å². The van der Waals surface area contributed by atoms with Crippen LogP contribution in [0.5, 0.6) is 11.5 Å². The number of nitrogens with zero attached hydrogens (tertiary/aromatic N) is 1. The van der Waals surface area contributed by atoms with Gasteiger partial charge in [-0.3, -0.25) is 24.1 Å². The number of imide groups is 1. The zero-order chi connectivity index (χ0) is 30.4. The Bertz CT molecular complexity index is 1600. The van der Waals surface area contributed by atoms with Crippen LogP contribution in [0.3, 0.4) is 0 Å². The molecule has 3 aromatic carbocycles. The first kappa shape index (κ1) is 30.6. The highest BCUT2D eigenvalue weighted by Crippen LogP contribution is 2.35. The summed E-state index contributed by atoms with van der Waals surface area (Å²) in [6.07, 6.45) is 1.50. The van der Waals surface area contributed by atoms with Crippen molar-refractivity contribution in [3.05, 3.63) is 87.0 Å². The number of carbonyl (C=O) groups is 4. The summed E-state index contributed by atoms with van der Waals surface area (Å²) >= 11 is 6.42. The quantitative estimate of drug-likeness (QED) is 0.263. The highest BCUT2D eigenvalue weighted by atomic mass is 35.5. The van der Waals surface area contributed by atoms with Gasteiger partial charge in [-0.1, -0.05) is 23.7 Å². The minimum absolute atomic E-state index is 0.113. The standard InChI is InChI=1S/C30H27ClFN3O6S/c1-4-40-25-12-19(6-10-24(25)41-16-28(37)34-20-7-5-17(2)18(3)11-20)13-26-29(38)35(30(39)42-26)15-27(36)33-21-8-9-23(32)22(31)14-21/h5-14H,4,15-16H2,1-3H3,(H,33,36)(H,34,37)/b26-13+. The Labute approximate surface area is 251 Å². The van der Waals surface area contributed by atoms with E-state index in [-0.39, 0.29) is 28.1 Å². The van der Waals surface area contributed by atoms with Crippen LogP contribution in [-0.2, 0) is 14.4 Å². The smallest absolute Gasteiger partial charge is 0.294 e. The lowest BCUT2D eigenvalue weighted by atomic mass is 10.1. The molecule has 4 rings (SSSR count). The number of hydrogen-bond donors (Lipinski definition) is 2. The van der Waals surface area contributed by atoms with Crippen molar-refractivity contribution in [2.45, 2.75) is 20.8 Å². The molecule has 218 valence electrons. The third-order valence-corrected chi connectivity index (χ3v) is 7.29. The molecule has 42 heavy (non-hydrogen) atoms. The topological polar surface area (TPSA) is 114 Å². The summed E-state index contributed by atoms with van der Waals surface area (Å²) in [6, 6.07) is 14.1.